The van der Waals surface area contributed by atoms with Gasteiger partial charge in [-0.2, -0.15) is 0 Å². The number of methoxy groups -OCH3 is 1. The molecule has 3 unspecified atom stereocenters. The summed E-state index contributed by atoms with van der Waals surface area (Å²) in [4.78, 5) is 12.1. The molecule has 0 spiro atoms. The van der Waals surface area contributed by atoms with Crippen LogP contribution >= 0.6 is 0 Å². The van der Waals surface area contributed by atoms with E-state index in [1.54, 1.807) is 0 Å². The van der Waals surface area contributed by atoms with Crippen LogP contribution in [0.3, 0.4) is 0 Å². The van der Waals surface area contributed by atoms with Crippen LogP contribution in [-0.2, 0) is 23.7 Å². The van der Waals surface area contributed by atoms with Gasteiger partial charge in [-0.3, -0.25) is 0 Å². The minimum absolute atomic E-state index is 0.590. The second kappa shape index (κ2) is 7.94. The predicted molar refractivity (Wildman–Crippen MR) is 90.9 cm³/mol. The fraction of sp³-hybridized carbons (Fsp3) is 0.824. The van der Waals surface area contributed by atoms with E-state index in [-0.39, 0.29) is 0 Å². The van der Waals surface area contributed by atoms with Crippen molar-refractivity contribution in [2.75, 3.05) is 13.7 Å². The van der Waals surface area contributed by atoms with Crippen molar-refractivity contribution in [3.8, 4) is 0 Å². The Bertz CT molecular complexity index is 693. The zero-order valence-corrected chi connectivity index (χ0v) is 16.1. The van der Waals surface area contributed by atoms with Crippen LogP contribution in [0, 0.1) is 5.92 Å². The first-order valence-electron chi connectivity index (χ1n) is 9.14. The van der Waals surface area contributed by atoms with Gasteiger partial charge in [-0.15, -0.1) is 0 Å². The summed E-state index contributed by atoms with van der Waals surface area (Å²) in [5, 5.41) is 81.9. The normalized spacial score (nSPS) is 51.0. The van der Waals surface area contributed by atoms with Crippen LogP contribution in [-0.4, -0.2) is 121 Å². The zero-order chi connectivity index (χ0) is 22.6. The largest absolute Gasteiger partial charge is 0.471 e. The molecule has 13 nitrogen and oxygen atoms in total. The van der Waals surface area contributed by atoms with E-state index in [1.807, 2.05) is 0 Å². The first kappa shape index (κ1) is 23.3. The monoisotopic (exact) mass is 438 g/mol. The lowest BCUT2D eigenvalue weighted by atomic mass is 9.76. The van der Waals surface area contributed by atoms with Gasteiger partial charge in [0.25, 0.3) is 0 Å². The van der Waals surface area contributed by atoms with Crippen LogP contribution < -0.4 is 0 Å². The van der Waals surface area contributed by atoms with Crippen molar-refractivity contribution < 1.29 is 64.6 Å². The minimum atomic E-state index is -2.58. The lowest BCUT2D eigenvalue weighted by molar-refractivity contribution is -0.352. The van der Waals surface area contributed by atoms with E-state index in [1.165, 1.54) is 0 Å². The molecule has 0 bridgehead atoms. The zero-order valence-electron chi connectivity index (χ0n) is 16.1. The average Bonchev–Trinajstić information content (AvgIpc) is 2.85. The Morgan fingerprint density at radius 3 is 2.27 bits per heavy atom. The smallest absolute Gasteiger partial charge is 0.339 e. The van der Waals surface area contributed by atoms with Crippen molar-refractivity contribution in [2.24, 2.45) is 5.92 Å². The Balaban J connectivity index is 1.96. The maximum atomic E-state index is 12.1. The molecule has 11 atom stereocenters. The molecule has 0 aromatic rings. The SMILES string of the molecule is COC(=O)C1=CO[C@@H](OC2O[C@H](CO)C(O)C(O)[C@H]2O)[C@H]2[C@@](C)(O)[C@@H](O)[C@@H](O)[C@@]12O. The number of hydrogen-bond acceptors (Lipinski definition) is 13. The molecule has 2 aliphatic heterocycles. The molecular weight excluding hydrogens is 412 g/mol. The molecule has 1 saturated carbocycles. The van der Waals surface area contributed by atoms with E-state index in [0.29, 0.717) is 6.26 Å². The number of aliphatic hydroxyl groups is 8. The summed E-state index contributed by atoms with van der Waals surface area (Å²) in [7, 11) is 1.01. The van der Waals surface area contributed by atoms with Crippen molar-refractivity contribution in [1.82, 2.24) is 0 Å². The third-order valence-electron chi connectivity index (χ3n) is 6.00. The Labute approximate surface area is 170 Å². The van der Waals surface area contributed by atoms with Crippen LogP contribution in [0.15, 0.2) is 11.8 Å². The highest BCUT2D eigenvalue weighted by atomic mass is 16.8. The van der Waals surface area contributed by atoms with E-state index >= 15 is 0 Å². The summed E-state index contributed by atoms with van der Waals surface area (Å²) >= 11 is 0. The number of carbonyl (C=O) groups excluding carboxylic acids is 1. The van der Waals surface area contributed by atoms with Gasteiger partial charge in [-0.05, 0) is 6.92 Å². The maximum absolute atomic E-state index is 12.1. The Morgan fingerprint density at radius 1 is 1.07 bits per heavy atom. The van der Waals surface area contributed by atoms with Crippen molar-refractivity contribution in [2.45, 2.75) is 67.3 Å². The van der Waals surface area contributed by atoms with Gasteiger partial charge < -0.3 is 59.8 Å². The van der Waals surface area contributed by atoms with Gasteiger partial charge in [0, 0.05) is 0 Å². The van der Waals surface area contributed by atoms with Crippen LogP contribution in [0.1, 0.15) is 6.92 Å². The van der Waals surface area contributed by atoms with Crippen molar-refractivity contribution in [3.63, 3.8) is 0 Å². The molecule has 3 rings (SSSR count). The van der Waals surface area contributed by atoms with Crippen LogP contribution in [0.25, 0.3) is 0 Å². The summed E-state index contributed by atoms with van der Waals surface area (Å²) in [5.74, 6) is -2.79. The molecule has 0 amide bonds. The quantitative estimate of drug-likeness (QED) is 0.193. The van der Waals surface area contributed by atoms with Gasteiger partial charge >= 0.3 is 5.97 Å². The minimum Gasteiger partial charge on any atom is -0.471 e. The summed E-state index contributed by atoms with van der Waals surface area (Å²) in [6.07, 6.45) is -13.3. The number of rotatable bonds is 4. The Morgan fingerprint density at radius 2 is 1.70 bits per heavy atom. The molecule has 30 heavy (non-hydrogen) atoms. The van der Waals surface area contributed by atoms with E-state index in [0.717, 1.165) is 14.0 Å². The maximum Gasteiger partial charge on any atom is 0.339 e. The molecule has 172 valence electrons. The van der Waals surface area contributed by atoms with Gasteiger partial charge in [-0.1, -0.05) is 0 Å². The number of esters is 1. The first-order valence-corrected chi connectivity index (χ1v) is 9.14. The molecule has 0 aromatic heterocycles. The molecule has 0 radical (unpaired) electrons. The lowest BCUT2D eigenvalue weighted by Gasteiger charge is -2.46. The Kier molecular flexibility index (Phi) is 6.16. The molecule has 1 aliphatic carbocycles. The van der Waals surface area contributed by atoms with Crippen molar-refractivity contribution in [3.05, 3.63) is 11.8 Å². The van der Waals surface area contributed by atoms with Crippen LogP contribution in [0.5, 0.6) is 0 Å². The first-order chi connectivity index (χ1) is 13.9. The van der Waals surface area contributed by atoms with Crippen molar-refractivity contribution in [1.29, 1.82) is 0 Å². The van der Waals surface area contributed by atoms with E-state index in [2.05, 4.69) is 4.74 Å². The fourth-order valence-corrected chi connectivity index (χ4v) is 4.24. The summed E-state index contributed by atoms with van der Waals surface area (Å²) in [6, 6.07) is 0. The third-order valence-corrected chi connectivity index (χ3v) is 6.00. The second-order valence-corrected chi connectivity index (χ2v) is 7.78. The molecule has 8 N–H and O–H groups in total. The number of carbonyl (C=O) groups is 1. The highest BCUT2D eigenvalue weighted by Crippen LogP contribution is 2.52. The number of ether oxygens (including phenoxy) is 4. The van der Waals surface area contributed by atoms with Gasteiger partial charge in [-0.25, -0.2) is 4.79 Å². The van der Waals surface area contributed by atoms with Crippen LogP contribution in [0.2, 0.25) is 0 Å². The number of hydrogen-bond donors (Lipinski definition) is 8. The van der Waals surface area contributed by atoms with Gasteiger partial charge in [0.15, 0.2) is 6.29 Å². The molecule has 13 heteroatoms. The highest BCUT2D eigenvalue weighted by molar-refractivity contribution is 5.91. The summed E-state index contributed by atoms with van der Waals surface area (Å²) in [5.41, 5.74) is -5.43. The lowest BCUT2D eigenvalue weighted by Crippen LogP contribution is -2.63. The second-order valence-electron chi connectivity index (χ2n) is 7.78. The molecular formula is C17H26O13. The number of fused-ring (bicyclic) bond motifs is 1. The third kappa shape index (κ3) is 3.22. The fourth-order valence-electron chi connectivity index (χ4n) is 4.24. The summed E-state index contributed by atoms with van der Waals surface area (Å²) in [6.45, 7) is 0.335. The molecule has 3 aliphatic rings. The standard InChI is InChI=1S/C17H26O13/c1-16(25)10-15(30-14-9(21)8(20)7(19)6(3-18)29-14)28-4-5(13(24)27-2)17(10,26)12(23)11(16)22/h4,6-12,14-15,18-23,25-26H,3H2,1-2H3/t6-,7?,8?,9-,10+,11+,12-,14?,15+,16-,17-/m1/s1. The molecule has 1 saturated heterocycles. The molecule has 0 aromatic carbocycles. The van der Waals surface area contributed by atoms with Gasteiger partial charge in [0.2, 0.25) is 6.29 Å². The van der Waals surface area contributed by atoms with Gasteiger partial charge in [0.05, 0.1) is 19.6 Å². The average molecular weight is 438 g/mol. The van der Waals surface area contributed by atoms with E-state index in [4.69, 9.17) is 14.2 Å². The Hall–Kier alpha value is -1.39. The highest BCUT2D eigenvalue weighted by Gasteiger charge is 2.72. The number of aliphatic hydroxyl groups excluding tert-OH is 6. The topological polar surface area (TPSA) is 216 Å². The van der Waals surface area contributed by atoms with E-state index < -0.39 is 84.5 Å². The summed E-state index contributed by atoms with van der Waals surface area (Å²) < 4.78 is 20.5. The van der Waals surface area contributed by atoms with E-state index in [9.17, 15) is 45.6 Å². The molecule has 2 fully saturated rings. The van der Waals surface area contributed by atoms with Crippen molar-refractivity contribution >= 4 is 5.97 Å². The molecule has 2 heterocycles. The predicted octanol–water partition coefficient (Wildman–Crippen LogP) is -4.95. The van der Waals surface area contributed by atoms with Crippen LogP contribution in [0.4, 0.5) is 0 Å². The van der Waals surface area contributed by atoms with Gasteiger partial charge in [0.1, 0.15) is 59.7 Å².